The van der Waals surface area contributed by atoms with Crippen molar-refractivity contribution in [2.45, 2.75) is 80.7 Å². The summed E-state index contributed by atoms with van der Waals surface area (Å²) < 4.78 is 7.25. The van der Waals surface area contributed by atoms with Crippen LogP contribution >= 0.6 is 11.3 Å². The highest BCUT2D eigenvalue weighted by atomic mass is 32.1. The number of pyridine rings is 1. The van der Waals surface area contributed by atoms with E-state index in [1.54, 1.807) is 12.3 Å². The number of carbonyl (C=O) groups excluding carboxylic acids is 2. The van der Waals surface area contributed by atoms with Gasteiger partial charge in [0.1, 0.15) is 5.69 Å². The summed E-state index contributed by atoms with van der Waals surface area (Å²) >= 11 is 1.32. The Kier molecular flexibility index (Phi) is 15.3. The van der Waals surface area contributed by atoms with E-state index < -0.39 is 0 Å². The lowest BCUT2D eigenvalue weighted by atomic mass is 10.1. The van der Waals surface area contributed by atoms with E-state index in [2.05, 4.69) is 62.1 Å². The molecule has 0 saturated heterocycles. The van der Waals surface area contributed by atoms with Crippen LogP contribution in [0.25, 0.3) is 11.4 Å². The molecule has 0 fully saturated rings. The molecule has 0 aliphatic carbocycles. The van der Waals surface area contributed by atoms with Crippen LogP contribution in [0.3, 0.4) is 0 Å². The molecule has 0 atom stereocenters. The zero-order valence-electron chi connectivity index (χ0n) is 25.1. The molecule has 3 heterocycles. The number of nitrogens with one attached hydrogen (secondary N) is 2. The molecule has 3 aromatic heterocycles. The maximum atomic E-state index is 12.2. The predicted molar refractivity (Wildman–Crippen MR) is 162 cm³/mol. The maximum absolute atomic E-state index is 12.2. The van der Waals surface area contributed by atoms with E-state index in [4.69, 9.17) is 4.74 Å². The van der Waals surface area contributed by atoms with Crippen LogP contribution in [0.2, 0.25) is 0 Å². The molecule has 0 bridgehead atoms. The van der Waals surface area contributed by atoms with Gasteiger partial charge in [-0.15, -0.1) is 11.3 Å². The molecule has 0 unspecified atom stereocenters. The van der Waals surface area contributed by atoms with Crippen molar-refractivity contribution in [3.05, 3.63) is 53.3 Å². The fourth-order valence-electron chi connectivity index (χ4n) is 3.07. The Hall–Kier alpha value is -3.04. The van der Waals surface area contributed by atoms with Gasteiger partial charge in [-0.2, -0.15) is 0 Å². The molecular weight excluding hydrogens is 510 g/mol. The van der Waals surface area contributed by atoms with Crippen LogP contribution in [-0.2, 0) is 15.1 Å². The Balaban J connectivity index is 0.000000589. The molecule has 9 heteroatoms. The van der Waals surface area contributed by atoms with Crippen LogP contribution in [0, 0.1) is 12.8 Å². The minimum absolute atomic E-state index is 0.107. The molecule has 3 rings (SSSR count). The Morgan fingerprint density at radius 3 is 2.38 bits per heavy atom. The lowest BCUT2D eigenvalue weighted by Crippen LogP contribution is -2.32. The van der Waals surface area contributed by atoms with E-state index in [-0.39, 0.29) is 23.9 Å². The average Bonchev–Trinajstić information content (AvgIpc) is 3.57. The molecule has 0 aliphatic heterocycles. The van der Waals surface area contributed by atoms with Crippen molar-refractivity contribution in [2.75, 3.05) is 25.1 Å². The summed E-state index contributed by atoms with van der Waals surface area (Å²) in [7, 11) is 0. The Bertz CT molecular complexity index is 1130. The van der Waals surface area contributed by atoms with E-state index in [0.29, 0.717) is 16.4 Å². The van der Waals surface area contributed by atoms with Gasteiger partial charge >= 0.3 is 0 Å². The maximum Gasteiger partial charge on any atom is 0.253 e. The molecule has 8 nitrogen and oxygen atoms in total. The second-order valence-electron chi connectivity index (χ2n) is 10.2. The zero-order chi connectivity index (χ0) is 29.4. The van der Waals surface area contributed by atoms with Gasteiger partial charge in [0.05, 0.1) is 17.8 Å². The molecule has 0 radical (unpaired) electrons. The van der Waals surface area contributed by atoms with Crippen molar-refractivity contribution in [1.29, 1.82) is 0 Å². The first-order valence-corrected chi connectivity index (χ1v) is 14.6. The third-order valence-electron chi connectivity index (χ3n) is 5.23. The number of rotatable bonds is 10. The highest BCUT2D eigenvalue weighted by molar-refractivity contribution is 7.14. The largest absolute Gasteiger partial charge is 0.381 e. The summed E-state index contributed by atoms with van der Waals surface area (Å²) in [6, 6.07) is 7.44. The standard InChI is InChI=1S/C20H23N5O2S.C8H18O.C2H6/c1-13-6-5-7-15(22-13)16-12-28-19(23-16)24-17(26)10-21-18(27)14-8-9-25(11-14)20(2,3)4;1-4-6-9-7-5-8(2)3;1-2/h5-9,11-12H,10H2,1-4H3,(H,21,27)(H,23,24,26);8H,4-7H2,1-3H3;1-2H3. The van der Waals surface area contributed by atoms with E-state index in [1.165, 1.54) is 17.8 Å². The minimum Gasteiger partial charge on any atom is -0.381 e. The summed E-state index contributed by atoms with van der Waals surface area (Å²) in [5.41, 5.74) is 2.78. The fourth-order valence-corrected chi connectivity index (χ4v) is 3.79. The normalized spacial score (nSPS) is 10.7. The van der Waals surface area contributed by atoms with Gasteiger partial charge < -0.3 is 19.9 Å². The highest BCUT2D eigenvalue weighted by Crippen LogP contribution is 2.23. The minimum atomic E-state index is -0.332. The van der Waals surface area contributed by atoms with Gasteiger partial charge in [0.2, 0.25) is 5.91 Å². The number of thiazole rings is 1. The first-order chi connectivity index (χ1) is 18.5. The van der Waals surface area contributed by atoms with Gasteiger partial charge in [0, 0.05) is 42.2 Å². The van der Waals surface area contributed by atoms with Crippen molar-refractivity contribution in [2.24, 2.45) is 5.92 Å². The number of carbonyl (C=O) groups is 2. The van der Waals surface area contributed by atoms with Crippen LogP contribution in [0.4, 0.5) is 5.13 Å². The molecule has 0 spiro atoms. The van der Waals surface area contributed by atoms with Crippen LogP contribution in [-0.4, -0.2) is 46.1 Å². The summed E-state index contributed by atoms with van der Waals surface area (Å²) in [4.78, 5) is 33.2. The summed E-state index contributed by atoms with van der Waals surface area (Å²) in [6.07, 6.45) is 5.96. The van der Waals surface area contributed by atoms with Gasteiger partial charge in [-0.3, -0.25) is 14.6 Å². The lowest BCUT2D eigenvalue weighted by molar-refractivity contribution is -0.115. The van der Waals surface area contributed by atoms with Crippen LogP contribution in [0.15, 0.2) is 42.0 Å². The monoisotopic (exact) mass is 557 g/mol. The molecule has 2 N–H and O–H groups in total. The van der Waals surface area contributed by atoms with Gasteiger partial charge in [-0.25, -0.2) is 4.98 Å². The third kappa shape index (κ3) is 13.0. The van der Waals surface area contributed by atoms with Crippen molar-refractivity contribution < 1.29 is 14.3 Å². The van der Waals surface area contributed by atoms with Crippen molar-refractivity contribution in [3.63, 3.8) is 0 Å². The van der Waals surface area contributed by atoms with E-state index in [1.807, 2.05) is 55.1 Å². The fraction of sp³-hybridized carbons (Fsp3) is 0.533. The van der Waals surface area contributed by atoms with Crippen molar-refractivity contribution in [1.82, 2.24) is 19.9 Å². The van der Waals surface area contributed by atoms with Crippen LogP contribution < -0.4 is 10.6 Å². The van der Waals surface area contributed by atoms with Gasteiger partial charge in [0.15, 0.2) is 5.13 Å². The van der Waals surface area contributed by atoms with E-state index in [0.717, 1.165) is 36.9 Å². The molecule has 216 valence electrons. The van der Waals surface area contributed by atoms with E-state index >= 15 is 0 Å². The smallest absolute Gasteiger partial charge is 0.253 e. The predicted octanol–water partition coefficient (Wildman–Crippen LogP) is 6.92. The summed E-state index contributed by atoms with van der Waals surface area (Å²) in [6.45, 7) is 20.4. The number of ether oxygens (including phenoxy) is 1. The third-order valence-corrected chi connectivity index (χ3v) is 5.99. The number of aryl methyl sites for hydroxylation is 1. The molecule has 3 aromatic rings. The van der Waals surface area contributed by atoms with Crippen molar-refractivity contribution in [3.8, 4) is 11.4 Å². The second-order valence-corrected chi connectivity index (χ2v) is 11.1. The van der Waals surface area contributed by atoms with E-state index in [9.17, 15) is 9.59 Å². The summed E-state index contributed by atoms with van der Waals surface area (Å²) in [5, 5.41) is 7.64. The lowest BCUT2D eigenvalue weighted by Gasteiger charge is -2.20. The SMILES string of the molecule is CC.CCCOCCC(C)C.Cc1cccc(-c2csc(NC(=O)CNC(=O)c3ccn(C(C)(C)C)c3)n2)n1. The molecule has 0 aliphatic rings. The molecular formula is C30H47N5O3S. The Labute approximate surface area is 238 Å². The second kappa shape index (κ2) is 17.5. The first kappa shape index (κ1) is 34.0. The molecule has 2 amide bonds. The quantitative estimate of drug-likeness (QED) is 0.264. The number of nitrogens with zero attached hydrogens (tertiary/aromatic N) is 3. The topological polar surface area (TPSA) is 98.1 Å². The number of amides is 2. The number of anilines is 1. The molecule has 0 aromatic carbocycles. The zero-order valence-corrected chi connectivity index (χ0v) is 25.9. The average molecular weight is 558 g/mol. The number of hydrogen-bond acceptors (Lipinski definition) is 6. The first-order valence-electron chi connectivity index (χ1n) is 13.7. The summed E-state index contributed by atoms with van der Waals surface area (Å²) in [5.74, 6) is 0.158. The Morgan fingerprint density at radius 1 is 1.08 bits per heavy atom. The van der Waals surface area contributed by atoms with Gasteiger partial charge in [-0.05, 0) is 64.7 Å². The molecule has 39 heavy (non-hydrogen) atoms. The van der Waals surface area contributed by atoms with Crippen molar-refractivity contribution >= 4 is 28.3 Å². The highest BCUT2D eigenvalue weighted by Gasteiger charge is 2.16. The Morgan fingerprint density at radius 2 is 1.79 bits per heavy atom. The molecule has 0 saturated carbocycles. The number of hydrogen-bond donors (Lipinski definition) is 2. The number of aromatic nitrogens is 3. The van der Waals surface area contributed by atoms with Gasteiger partial charge in [-0.1, -0.05) is 40.7 Å². The van der Waals surface area contributed by atoms with Crippen LogP contribution in [0.1, 0.15) is 84.3 Å². The van der Waals surface area contributed by atoms with Crippen LogP contribution in [0.5, 0.6) is 0 Å². The van der Waals surface area contributed by atoms with Gasteiger partial charge in [0.25, 0.3) is 5.91 Å².